The molecule has 0 amide bonds. The van der Waals surface area contributed by atoms with Gasteiger partial charge in [-0.15, -0.1) is 0 Å². The zero-order valence-electron chi connectivity index (χ0n) is 9.03. The minimum atomic E-state index is -2.71. The van der Waals surface area contributed by atoms with Gasteiger partial charge < -0.3 is 0 Å². The predicted octanol–water partition coefficient (Wildman–Crippen LogP) is 4.02. The Morgan fingerprint density at radius 2 is 1.61 bits per heavy atom. The van der Waals surface area contributed by atoms with Gasteiger partial charge in [0.05, 0.1) is 5.69 Å². The van der Waals surface area contributed by atoms with Gasteiger partial charge >= 0.3 is 0 Å². The molecule has 0 saturated heterocycles. The van der Waals surface area contributed by atoms with E-state index in [1.165, 1.54) is 30.5 Å². The summed E-state index contributed by atoms with van der Waals surface area (Å²) in [5, 5.41) is 0. The zero-order valence-corrected chi connectivity index (χ0v) is 9.03. The summed E-state index contributed by atoms with van der Waals surface area (Å²) in [5.74, 6) is 0. The van der Waals surface area contributed by atoms with E-state index in [9.17, 15) is 17.6 Å². The summed E-state index contributed by atoms with van der Waals surface area (Å²) in [4.78, 5) is 7.22. The first-order valence-corrected chi connectivity index (χ1v) is 5.07. The molecular formula is C12H8F4N2. The number of alkyl halides is 4. The lowest BCUT2D eigenvalue weighted by Crippen LogP contribution is -1.94. The second kappa shape index (κ2) is 5.12. The zero-order chi connectivity index (χ0) is 13.1. The first-order valence-electron chi connectivity index (χ1n) is 5.07. The molecule has 2 aromatic heterocycles. The SMILES string of the molecule is FC(F)c1cc(-c2cccc(C(F)F)n2)ccn1. The van der Waals surface area contributed by atoms with Gasteiger partial charge in [-0.05, 0) is 24.3 Å². The molecule has 2 rings (SSSR count). The minimum Gasteiger partial charge on any atom is -0.255 e. The molecule has 0 atom stereocenters. The summed E-state index contributed by atoms with van der Waals surface area (Å²) >= 11 is 0. The lowest BCUT2D eigenvalue weighted by Gasteiger charge is -2.05. The van der Waals surface area contributed by atoms with Crippen molar-refractivity contribution in [1.29, 1.82) is 0 Å². The van der Waals surface area contributed by atoms with Gasteiger partial charge in [-0.1, -0.05) is 6.07 Å². The Hall–Kier alpha value is -1.98. The van der Waals surface area contributed by atoms with E-state index in [4.69, 9.17) is 0 Å². The molecule has 2 aromatic rings. The van der Waals surface area contributed by atoms with Gasteiger partial charge in [0.25, 0.3) is 12.9 Å². The highest BCUT2D eigenvalue weighted by molar-refractivity contribution is 5.59. The lowest BCUT2D eigenvalue weighted by molar-refractivity contribution is 0.145. The van der Waals surface area contributed by atoms with Crippen LogP contribution in [0.3, 0.4) is 0 Å². The van der Waals surface area contributed by atoms with Crippen LogP contribution in [-0.2, 0) is 0 Å². The molecule has 2 nitrogen and oxygen atoms in total. The smallest absolute Gasteiger partial charge is 0.255 e. The summed E-state index contributed by atoms with van der Waals surface area (Å²) < 4.78 is 49.9. The molecule has 0 aliphatic carbocycles. The largest absolute Gasteiger partial charge is 0.280 e. The van der Waals surface area contributed by atoms with Crippen LogP contribution >= 0.6 is 0 Å². The lowest BCUT2D eigenvalue weighted by atomic mass is 10.1. The van der Waals surface area contributed by atoms with Gasteiger partial charge in [0.2, 0.25) is 0 Å². The summed E-state index contributed by atoms with van der Waals surface area (Å²) in [6.07, 6.45) is -4.20. The van der Waals surface area contributed by atoms with E-state index in [0.717, 1.165) is 6.07 Å². The quantitative estimate of drug-likeness (QED) is 0.775. The maximum absolute atomic E-state index is 12.5. The van der Waals surface area contributed by atoms with Crippen LogP contribution in [0.1, 0.15) is 24.2 Å². The van der Waals surface area contributed by atoms with Gasteiger partial charge in [0, 0.05) is 11.8 Å². The van der Waals surface area contributed by atoms with E-state index in [-0.39, 0.29) is 11.4 Å². The van der Waals surface area contributed by atoms with E-state index in [1.54, 1.807) is 0 Å². The van der Waals surface area contributed by atoms with Crippen molar-refractivity contribution >= 4 is 0 Å². The molecule has 0 aliphatic rings. The molecular weight excluding hydrogens is 248 g/mol. The third-order valence-electron chi connectivity index (χ3n) is 2.29. The van der Waals surface area contributed by atoms with E-state index >= 15 is 0 Å². The number of rotatable bonds is 3. The van der Waals surface area contributed by atoms with Crippen LogP contribution < -0.4 is 0 Å². The van der Waals surface area contributed by atoms with Crippen molar-refractivity contribution in [3.05, 3.63) is 47.9 Å². The van der Waals surface area contributed by atoms with Crippen molar-refractivity contribution in [1.82, 2.24) is 9.97 Å². The summed E-state index contributed by atoms with van der Waals surface area (Å²) in [5.41, 5.74) is -0.237. The summed E-state index contributed by atoms with van der Waals surface area (Å²) in [7, 11) is 0. The minimum absolute atomic E-state index is 0.220. The van der Waals surface area contributed by atoms with Crippen LogP contribution in [0, 0.1) is 0 Å². The van der Waals surface area contributed by atoms with Crippen LogP contribution in [0.4, 0.5) is 17.6 Å². The van der Waals surface area contributed by atoms with Gasteiger partial charge in [-0.3, -0.25) is 4.98 Å². The predicted molar refractivity (Wildman–Crippen MR) is 57.4 cm³/mol. The van der Waals surface area contributed by atoms with Crippen molar-refractivity contribution in [2.45, 2.75) is 12.9 Å². The van der Waals surface area contributed by atoms with E-state index < -0.39 is 18.5 Å². The van der Waals surface area contributed by atoms with E-state index in [0.29, 0.717) is 5.56 Å². The number of pyridine rings is 2. The molecule has 0 aromatic carbocycles. The number of hydrogen-bond donors (Lipinski definition) is 0. The molecule has 0 radical (unpaired) electrons. The Balaban J connectivity index is 2.42. The van der Waals surface area contributed by atoms with Crippen LogP contribution in [-0.4, -0.2) is 9.97 Å². The highest BCUT2D eigenvalue weighted by Crippen LogP contribution is 2.24. The third-order valence-corrected chi connectivity index (χ3v) is 2.29. The number of hydrogen-bond acceptors (Lipinski definition) is 2. The van der Waals surface area contributed by atoms with Gasteiger partial charge in [-0.2, -0.15) is 0 Å². The molecule has 0 N–H and O–H groups in total. The average molecular weight is 256 g/mol. The van der Waals surface area contributed by atoms with Crippen molar-refractivity contribution < 1.29 is 17.6 Å². The second-order valence-electron chi connectivity index (χ2n) is 3.52. The van der Waals surface area contributed by atoms with Crippen LogP contribution in [0.25, 0.3) is 11.3 Å². The Kier molecular flexibility index (Phi) is 3.55. The Morgan fingerprint density at radius 3 is 2.28 bits per heavy atom. The molecule has 94 valence electrons. The van der Waals surface area contributed by atoms with E-state index in [1.807, 2.05) is 0 Å². The van der Waals surface area contributed by atoms with Gasteiger partial charge in [0.15, 0.2) is 0 Å². The Bertz CT molecular complexity index is 494. The fourth-order valence-electron chi connectivity index (χ4n) is 1.46. The molecule has 2 heterocycles. The van der Waals surface area contributed by atoms with Gasteiger partial charge in [-0.25, -0.2) is 22.5 Å². The molecule has 6 heteroatoms. The third kappa shape index (κ3) is 2.64. The average Bonchev–Trinajstić information content (AvgIpc) is 2.39. The van der Waals surface area contributed by atoms with Crippen molar-refractivity contribution in [2.75, 3.05) is 0 Å². The van der Waals surface area contributed by atoms with Crippen LogP contribution in [0.15, 0.2) is 36.5 Å². The first kappa shape index (κ1) is 12.5. The molecule has 0 unspecified atom stereocenters. The number of nitrogens with zero attached hydrogens (tertiary/aromatic N) is 2. The topological polar surface area (TPSA) is 25.8 Å². The molecule has 0 bridgehead atoms. The Labute approximate surface area is 100 Å². The molecule has 0 saturated carbocycles. The normalized spacial score (nSPS) is 11.2. The van der Waals surface area contributed by atoms with Gasteiger partial charge in [0.1, 0.15) is 11.4 Å². The molecule has 0 fully saturated rings. The molecule has 0 aliphatic heterocycles. The van der Waals surface area contributed by atoms with E-state index in [2.05, 4.69) is 9.97 Å². The standard InChI is InChI=1S/C12H8F4N2/c13-11(14)9-3-1-2-8(18-9)7-4-5-17-10(6-7)12(15)16/h1-6,11-12H. The first-order chi connectivity index (χ1) is 8.58. The maximum atomic E-state index is 12.5. The van der Waals surface area contributed by atoms with Crippen LogP contribution in [0.2, 0.25) is 0 Å². The van der Waals surface area contributed by atoms with Crippen molar-refractivity contribution in [3.63, 3.8) is 0 Å². The van der Waals surface area contributed by atoms with Crippen LogP contribution in [0.5, 0.6) is 0 Å². The summed E-state index contributed by atoms with van der Waals surface area (Å²) in [6.45, 7) is 0. The number of halogens is 4. The van der Waals surface area contributed by atoms with Crippen molar-refractivity contribution in [2.24, 2.45) is 0 Å². The highest BCUT2D eigenvalue weighted by Gasteiger charge is 2.12. The summed E-state index contributed by atoms with van der Waals surface area (Å²) in [6, 6.07) is 6.66. The maximum Gasteiger partial charge on any atom is 0.280 e. The van der Waals surface area contributed by atoms with Crippen molar-refractivity contribution in [3.8, 4) is 11.3 Å². The monoisotopic (exact) mass is 256 g/mol. The second-order valence-corrected chi connectivity index (χ2v) is 3.52. The fraction of sp³-hybridized carbons (Fsp3) is 0.167. The number of aromatic nitrogens is 2. The highest BCUT2D eigenvalue weighted by atomic mass is 19.3. The molecule has 0 spiro atoms. The fourth-order valence-corrected chi connectivity index (χ4v) is 1.46. The molecule has 18 heavy (non-hydrogen) atoms. The Morgan fingerprint density at radius 1 is 0.889 bits per heavy atom.